The number of hydrogen-bond acceptors (Lipinski definition) is 4. The number of rotatable bonds is 6. The molecule has 26 heavy (non-hydrogen) atoms. The van der Waals surface area contributed by atoms with Crippen molar-refractivity contribution in [2.24, 2.45) is 0 Å². The summed E-state index contributed by atoms with van der Waals surface area (Å²) in [4.78, 5) is 16.8. The Morgan fingerprint density at radius 2 is 2.12 bits per heavy atom. The van der Waals surface area contributed by atoms with Crippen LogP contribution in [-0.4, -0.2) is 21.1 Å². The molecule has 134 valence electrons. The number of hydrogen-bond donors (Lipinski definition) is 2. The van der Waals surface area contributed by atoms with E-state index in [9.17, 15) is 4.79 Å². The van der Waals surface area contributed by atoms with Crippen molar-refractivity contribution in [3.05, 3.63) is 70.1 Å². The standard InChI is InChI=1S/C19H19BrN4OS/c1-12(2)17-16(20)18(24-23-17)19(25)22-14-7-5-6-13(10-14)11-26-15-8-3-4-9-21-15/h3-10,12H,11H2,1-2H3,(H,22,25)(H,23,24). The Bertz CT molecular complexity index is 896. The first kappa shape index (κ1) is 18.7. The number of nitrogens with zero attached hydrogens (tertiary/aromatic N) is 2. The topological polar surface area (TPSA) is 70.7 Å². The van der Waals surface area contributed by atoms with Gasteiger partial charge in [-0.1, -0.05) is 32.0 Å². The van der Waals surface area contributed by atoms with Crippen LogP contribution >= 0.6 is 27.7 Å². The van der Waals surface area contributed by atoms with Crippen LogP contribution in [0.2, 0.25) is 0 Å². The van der Waals surface area contributed by atoms with E-state index in [1.54, 1.807) is 18.0 Å². The van der Waals surface area contributed by atoms with Crippen molar-refractivity contribution < 1.29 is 4.79 Å². The van der Waals surface area contributed by atoms with Gasteiger partial charge in [-0.25, -0.2) is 4.98 Å². The van der Waals surface area contributed by atoms with E-state index in [2.05, 4.69) is 36.4 Å². The Balaban J connectivity index is 1.67. The molecule has 1 amide bonds. The number of benzene rings is 1. The number of carbonyl (C=O) groups is 1. The monoisotopic (exact) mass is 430 g/mol. The fraction of sp³-hybridized carbons (Fsp3) is 0.211. The average molecular weight is 431 g/mol. The molecule has 2 aromatic heterocycles. The number of halogens is 1. The molecule has 1 aromatic carbocycles. The number of H-pyrrole nitrogens is 1. The molecule has 2 N–H and O–H groups in total. The minimum absolute atomic E-state index is 0.241. The number of aromatic nitrogens is 3. The van der Waals surface area contributed by atoms with Crippen LogP contribution in [0.15, 0.2) is 58.2 Å². The minimum atomic E-state index is -0.241. The van der Waals surface area contributed by atoms with Crippen molar-refractivity contribution >= 4 is 39.3 Å². The first-order valence-electron chi connectivity index (χ1n) is 8.22. The van der Waals surface area contributed by atoms with Gasteiger partial charge in [-0.2, -0.15) is 5.10 Å². The highest BCUT2D eigenvalue weighted by molar-refractivity contribution is 9.10. The first-order valence-corrected chi connectivity index (χ1v) is 10.0. The Labute approximate surface area is 165 Å². The summed E-state index contributed by atoms with van der Waals surface area (Å²) in [7, 11) is 0. The van der Waals surface area contributed by atoms with Gasteiger partial charge in [-0.15, -0.1) is 11.8 Å². The molecule has 0 aliphatic rings. The molecule has 5 nitrogen and oxygen atoms in total. The molecule has 0 saturated carbocycles. The van der Waals surface area contributed by atoms with Crippen molar-refractivity contribution in [3.63, 3.8) is 0 Å². The van der Waals surface area contributed by atoms with E-state index in [1.807, 2.05) is 56.3 Å². The number of carbonyl (C=O) groups excluding carboxylic acids is 1. The SMILES string of the molecule is CC(C)c1[nH]nc(C(=O)Nc2cccc(CSc3ccccn3)c2)c1Br. The van der Waals surface area contributed by atoms with Crippen molar-refractivity contribution in [1.29, 1.82) is 0 Å². The third kappa shape index (κ3) is 4.53. The van der Waals surface area contributed by atoms with Crippen LogP contribution < -0.4 is 5.32 Å². The van der Waals surface area contributed by atoms with Crippen molar-refractivity contribution in [3.8, 4) is 0 Å². The lowest BCUT2D eigenvalue weighted by Gasteiger charge is -2.07. The lowest BCUT2D eigenvalue weighted by Crippen LogP contribution is -2.13. The van der Waals surface area contributed by atoms with Gasteiger partial charge in [0.15, 0.2) is 5.69 Å². The van der Waals surface area contributed by atoms with E-state index >= 15 is 0 Å². The summed E-state index contributed by atoms with van der Waals surface area (Å²) in [6, 6.07) is 13.7. The summed E-state index contributed by atoms with van der Waals surface area (Å²) in [5, 5.41) is 10.9. The number of aromatic amines is 1. The zero-order chi connectivity index (χ0) is 18.5. The molecule has 0 radical (unpaired) electrons. The lowest BCUT2D eigenvalue weighted by atomic mass is 10.1. The highest BCUT2D eigenvalue weighted by atomic mass is 79.9. The molecule has 0 spiro atoms. The second-order valence-electron chi connectivity index (χ2n) is 6.07. The van der Waals surface area contributed by atoms with Gasteiger partial charge in [-0.3, -0.25) is 9.89 Å². The van der Waals surface area contributed by atoms with Crippen LogP contribution in [-0.2, 0) is 5.75 Å². The molecular weight excluding hydrogens is 412 g/mol. The Morgan fingerprint density at radius 1 is 1.27 bits per heavy atom. The van der Waals surface area contributed by atoms with E-state index in [-0.39, 0.29) is 11.8 Å². The van der Waals surface area contributed by atoms with Gasteiger partial charge in [0.1, 0.15) is 0 Å². The van der Waals surface area contributed by atoms with Crippen molar-refractivity contribution in [2.45, 2.75) is 30.5 Å². The molecule has 0 aliphatic carbocycles. The number of thioether (sulfide) groups is 1. The fourth-order valence-electron chi connectivity index (χ4n) is 2.39. The van der Waals surface area contributed by atoms with Gasteiger partial charge in [0.2, 0.25) is 0 Å². The van der Waals surface area contributed by atoms with Crippen LogP contribution in [0.5, 0.6) is 0 Å². The summed E-state index contributed by atoms with van der Waals surface area (Å²) in [5.74, 6) is 0.796. The van der Waals surface area contributed by atoms with E-state index in [0.717, 1.165) is 27.7 Å². The molecule has 7 heteroatoms. The molecular formula is C19H19BrN4OS. The maximum absolute atomic E-state index is 12.5. The Kier molecular flexibility index (Phi) is 6.11. The third-order valence-electron chi connectivity index (χ3n) is 3.73. The summed E-state index contributed by atoms with van der Waals surface area (Å²) in [6.45, 7) is 4.09. The number of nitrogens with one attached hydrogen (secondary N) is 2. The van der Waals surface area contributed by atoms with Crippen LogP contribution in [0.4, 0.5) is 5.69 Å². The highest BCUT2D eigenvalue weighted by Gasteiger charge is 2.19. The summed E-state index contributed by atoms with van der Waals surface area (Å²) in [5.41, 5.74) is 3.13. The van der Waals surface area contributed by atoms with Gasteiger partial charge >= 0.3 is 0 Å². The molecule has 0 atom stereocenters. The molecule has 0 bridgehead atoms. The molecule has 0 unspecified atom stereocenters. The van der Waals surface area contributed by atoms with E-state index < -0.39 is 0 Å². The van der Waals surface area contributed by atoms with Gasteiger partial charge in [-0.05, 0) is 51.7 Å². The molecule has 3 rings (SSSR count). The number of amides is 1. The summed E-state index contributed by atoms with van der Waals surface area (Å²) in [6.07, 6.45) is 1.78. The van der Waals surface area contributed by atoms with Gasteiger partial charge < -0.3 is 5.32 Å². The van der Waals surface area contributed by atoms with Crippen LogP contribution in [0, 0.1) is 0 Å². The zero-order valence-electron chi connectivity index (χ0n) is 14.5. The number of anilines is 1. The highest BCUT2D eigenvalue weighted by Crippen LogP contribution is 2.27. The molecule has 0 aliphatic heterocycles. The minimum Gasteiger partial charge on any atom is -0.321 e. The van der Waals surface area contributed by atoms with E-state index in [4.69, 9.17) is 0 Å². The van der Waals surface area contributed by atoms with Gasteiger partial charge in [0.05, 0.1) is 15.2 Å². The second-order valence-corrected chi connectivity index (χ2v) is 7.85. The van der Waals surface area contributed by atoms with E-state index in [0.29, 0.717) is 10.2 Å². The zero-order valence-corrected chi connectivity index (χ0v) is 16.9. The number of pyridine rings is 1. The second kappa shape index (κ2) is 8.51. The van der Waals surface area contributed by atoms with Crippen molar-refractivity contribution in [2.75, 3.05) is 5.32 Å². The Morgan fingerprint density at radius 3 is 2.81 bits per heavy atom. The van der Waals surface area contributed by atoms with Gasteiger partial charge in [0.25, 0.3) is 5.91 Å². The van der Waals surface area contributed by atoms with Gasteiger partial charge in [0, 0.05) is 17.6 Å². The largest absolute Gasteiger partial charge is 0.321 e. The predicted molar refractivity (Wildman–Crippen MR) is 109 cm³/mol. The summed E-state index contributed by atoms with van der Waals surface area (Å²) >= 11 is 5.12. The first-order chi connectivity index (χ1) is 12.5. The third-order valence-corrected chi connectivity index (χ3v) is 5.55. The molecule has 2 heterocycles. The molecule has 0 fully saturated rings. The lowest BCUT2D eigenvalue weighted by molar-refractivity contribution is 0.102. The summed E-state index contributed by atoms with van der Waals surface area (Å²) < 4.78 is 0.715. The average Bonchev–Trinajstić information content (AvgIpc) is 3.03. The maximum Gasteiger partial charge on any atom is 0.277 e. The maximum atomic E-state index is 12.5. The van der Waals surface area contributed by atoms with Crippen molar-refractivity contribution in [1.82, 2.24) is 15.2 Å². The van der Waals surface area contributed by atoms with Crippen LogP contribution in [0.3, 0.4) is 0 Å². The van der Waals surface area contributed by atoms with E-state index in [1.165, 1.54) is 0 Å². The van der Waals surface area contributed by atoms with Crippen LogP contribution in [0.25, 0.3) is 0 Å². The van der Waals surface area contributed by atoms with Crippen LogP contribution in [0.1, 0.15) is 41.5 Å². The quantitative estimate of drug-likeness (QED) is 0.524. The molecule has 3 aromatic rings. The smallest absolute Gasteiger partial charge is 0.277 e. The normalized spacial score (nSPS) is 10.9. The Hall–Kier alpha value is -2.12. The predicted octanol–water partition coefficient (Wildman–Crippen LogP) is 5.24. The molecule has 0 saturated heterocycles. The fourth-order valence-corrected chi connectivity index (χ4v) is 4.01.